The lowest BCUT2D eigenvalue weighted by molar-refractivity contribution is -0.141. The number of fused-ring (bicyclic) bond motifs is 1. The average Bonchev–Trinajstić information content (AvgIpc) is 3.12. The van der Waals surface area contributed by atoms with E-state index in [1.807, 2.05) is 74.5 Å². The van der Waals surface area contributed by atoms with E-state index in [1.54, 1.807) is 17.0 Å². The van der Waals surface area contributed by atoms with Crippen LogP contribution in [0.1, 0.15) is 48.2 Å². The molecule has 0 saturated heterocycles. The molecule has 3 aromatic rings. The van der Waals surface area contributed by atoms with Crippen LogP contribution in [0.15, 0.2) is 89.8 Å². The lowest BCUT2D eigenvalue weighted by Crippen LogP contribution is -2.51. The van der Waals surface area contributed by atoms with Gasteiger partial charge in [0.25, 0.3) is 15.9 Å². The van der Waals surface area contributed by atoms with E-state index >= 15 is 0 Å². The molecule has 0 spiro atoms. The Kier molecular flexibility index (Phi) is 8.81. The van der Waals surface area contributed by atoms with Crippen molar-refractivity contribution < 1.29 is 22.8 Å². The third-order valence-electron chi connectivity index (χ3n) is 6.56. The van der Waals surface area contributed by atoms with Gasteiger partial charge >= 0.3 is 0 Å². The average molecular weight is 548 g/mol. The molecule has 9 heteroatoms. The molecule has 0 fully saturated rings. The summed E-state index contributed by atoms with van der Waals surface area (Å²) in [5, 5.41) is 2.95. The van der Waals surface area contributed by atoms with Crippen molar-refractivity contribution in [3.63, 3.8) is 0 Å². The fraction of sp³-hybridized carbons (Fsp3) is 0.300. The predicted octanol–water partition coefficient (Wildman–Crippen LogP) is 3.78. The smallest absolute Gasteiger partial charge is 0.269 e. The first kappa shape index (κ1) is 28.0. The molecule has 3 amide bonds. The molecule has 0 unspecified atom stereocenters. The van der Waals surface area contributed by atoms with Crippen LogP contribution in [0.25, 0.3) is 0 Å². The molecule has 0 saturated carbocycles. The SMILES string of the molecule is CC(C)NC(=O)[C@@H](Cc1ccccc1)N(Cc1ccccc1)C(=O)CCCN1C(=O)c2ccccc2S1(=O)=O. The van der Waals surface area contributed by atoms with Gasteiger partial charge in [-0.15, -0.1) is 0 Å². The van der Waals surface area contributed by atoms with Gasteiger partial charge in [-0.3, -0.25) is 14.4 Å². The Morgan fingerprint density at radius 1 is 0.872 bits per heavy atom. The summed E-state index contributed by atoms with van der Waals surface area (Å²) in [5.74, 6) is -1.14. The van der Waals surface area contributed by atoms with E-state index in [1.165, 1.54) is 12.1 Å². The van der Waals surface area contributed by atoms with Crippen molar-refractivity contribution in [3.05, 3.63) is 102 Å². The molecule has 8 nitrogen and oxygen atoms in total. The normalized spacial score (nSPS) is 14.6. The third kappa shape index (κ3) is 6.54. The second-order valence-electron chi connectivity index (χ2n) is 9.86. The van der Waals surface area contributed by atoms with Gasteiger partial charge in [0.15, 0.2) is 0 Å². The van der Waals surface area contributed by atoms with E-state index in [-0.39, 0.29) is 54.2 Å². The number of amides is 3. The van der Waals surface area contributed by atoms with Gasteiger partial charge < -0.3 is 10.2 Å². The number of benzene rings is 3. The minimum Gasteiger partial charge on any atom is -0.352 e. The Labute approximate surface area is 229 Å². The molecular weight excluding hydrogens is 514 g/mol. The first-order chi connectivity index (χ1) is 18.7. The zero-order chi connectivity index (χ0) is 28.0. The molecular formula is C30H33N3O5S. The molecule has 1 aliphatic heterocycles. The second kappa shape index (κ2) is 12.3. The van der Waals surface area contributed by atoms with Crippen molar-refractivity contribution in [1.82, 2.24) is 14.5 Å². The van der Waals surface area contributed by atoms with Crippen molar-refractivity contribution in [2.45, 2.75) is 56.6 Å². The fourth-order valence-corrected chi connectivity index (χ4v) is 6.29. The molecule has 39 heavy (non-hydrogen) atoms. The van der Waals surface area contributed by atoms with Gasteiger partial charge in [-0.05, 0) is 43.5 Å². The number of carbonyl (C=O) groups is 3. The van der Waals surface area contributed by atoms with Crippen LogP contribution < -0.4 is 5.32 Å². The van der Waals surface area contributed by atoms with E-state index in [4.69, 9.17) is 0 Å². The van der Waals surface area contributed by atoms with Crippen LogP contribution >= 0.6 is 0 Å². The van der Waals surface area contributed by atoms with E-state index < -0.39 is 22.0 Å². The number of hydrogen-bond donors (Lipinski definition) is 1. The van der Waals surface area contributed by atoms with E-state index in [0.717, 1.165) is 15.4 Å². The van der Waals surface area contributed by atoms with Crippen LogP contribution in [0.5, 0.6) is 0 Å². The summed E-state index contributed by atoms with van der Waals surface area (Å²) in [6.07, 6.45) is 0.432. The number of carbonyl (C=O) groups excluding carboxylic acids is 3. The summed E-state index contributed by atoms with van der Waals surface area (Å²) < 4.78 is 26.6. The number of nitrogens with zero attached hydrogens (tertiary/aromatic N) is 2. The third-order valence-corrected chi connectivity index (χ3v) is 8.40. The molecule has 3 aromatic carbocycles. The molecule has 1 aliphatic rings. The highest BCUT2D eigenvalue weighted by molar-refractivity contribution is 7.90. The van der Waals surface area contributed by atoms with Crippen molar-refractivity contribution in [2.75, 3.05) is 6.54 Å². The summed E-state index contributed by atoms with van der Waals surface area (Å²) in [6, 6.07) is 24.2. The maximum atomic E-state index is 13.7. The Bertz CT molecular complexity index is 1430. The molecule has 1 N–H and O–H groups in total. The Balaban J connectivity index is 1.55. The monoisotopic (exact) mass is 547 g/mol. The van der Waals surface area contributed by atoms with Gasteiger partial charge in [0, 0.05) is 32.0 Å². The Morgan fingerprint density at radius 3 is 2.08 bits per heavy atom. The Morgan fingerprint density at radius 2 is 1.46 bits per heavy atom. The van der Waals surface area contributed by atoms with Crippen LogP contribution in [0.4, 0.5) is 0 Å². The Hall–Kier alpha value is -3.98. The highest BCUT2D eigenvalue weighted by Gasteiger charge is 2.40. The van der Waals surface area contributed by atoms with Crippen LogP contribution in [-0.4, -0.2) is 54.0 Å². The quantitative estimate of drug-likeness (QED) is 0.394. The first-order valence-corrected chi connectivity index (χ1v) is 14.5. The first-order valence-electron chi connectivity index (χ1n) is 13.0. The van der Waals surface area contributed by atoms with E-state index in [0.29, 0.717) is 6.42 Å². The van der Waals surface area contributed by atoms with Crippen molar-refractivity contribution in [1.29, 1.82) is 0 Å². The molecule has 1 atom stereocenters. The summed E-state index contributed by atoms with van der Waals surface area (Å²) >= 11 is 0. The topological polar surface area (TPSA) is 104 Å². The molecule has 0 aromatic heterocycles. The van der Waals surface area contributed by atoms with Crippen LogP contribution in [0.3, 0.4) is 0 Å². The standard InChI is InChI=1S/C30H33N3O5S/c1-22(2)31-29(35)26(20-23-12-5-3-6-13-23)32(21-24-14-7-4-8-15-24)28(34)18-11-19-33-30(36)25-16-9-10-17-27(25)39(33,37)38/h3-10,12-17,22,26H,11,18-21H2,1-2H3,(H,31,35)/t26-/m1/s1. The van der Waals surface area contributed by atoms with E-state index in [2.05, 4.69) is 5.32 Å². The lowest BCUT2D eigenvalue weighted by Gasteiger charge is -2.32. The highest BCUT2D eigenvalue weighted by atomic mass is 32.2. The van der Waals surface area contributed by atoms with Crippen LogP contribution in [0.2, 0.25) is 0 Å². The number of nitrogens with one attached hydrogen (secondary N) is 1. The summed E-state index contributed by atoms with van der Waals surface area (Å²) in [6.45, 7) is 3.83. The van der Waals surface area contributed by atoms with Gasteiger partial charge in [0.2, 0.25) is 11.8 Å². The summed E-state index contributed by atoms with van der Waals surface area (Å²) in [4.78, 5) is 41.4. The minimum absolute atomic E-state index is 0.0136. The maximum absolute atomic E-state index is 13.7. The van der Waals surface area contributed by atoms with Gasteiger partial charge in [-0.1, -0.05) is 72.8 Å². The molecule has 0 bridgehead atoms. The maximum Gasteiger partial charge on any atom is 0.269 e. The van der Waals surface area contributed by atoms with Crippen molar-refractivity contribution >= 4 is 27.7 Å². The molecule has 204 valence electrons. The minimum atomic E-state index is -3.95. The number of rotatable bonds is 11. The second-order valence-corrected chi connectivity index (χ2v) is 11.7. The number of sulfonamides is 1. The fourth-order valence-electron chi connectivity index (χ4n) is 4.68. The zero-order valence-electron chi connectivity index (χ0n) is 22.1. The molecule has 0 aliphatic carbocycles. The molecule has 4 rings (SSSR count). The van der Waals surface area contributed by atoms with Gasteiger partial charge in [0.05, 0.1) is 5.56 Å². The molecule has 1 heterocycles. The highest BCUT2D eigenvalue weighted by Crippen LogP contribution is 2.30. The summed E-state index contributed by atoms with van der Waals surface area (Å²) in [5.41, 5.74) is 1.93. The summed E-state index contributed by atoms with van der Waals surface area (Å²) in [7, 11) is -3.95. The van der Waals surface area contributed by atoms with Gasteiger partial charge in [0.1, 0.15) is 10.9 Å². The van der Waals surface area contributed by atoms with Gasteiger partial charge in [-0.25, -0.2) is 12.7 Å². The largest absolute Gasteiger partial charge is 0.352 e. The number of hydrogen-bond acceptors (Lipinski definition) is 5. The van der Waals surface area contributed by atoms with Crippen LogP contribution in [-0.2, 0) is 32.6 Å². The molecule has 0 radical (unpaired) electrons. The van der Waals surface area contributed by atoms with Crippen molar-refractivity contribution in [2.24, 2.45) is 0 Å². The van der Waals surface area contributed by atoms with E-state index in [9.17, 15) is 22.8 Å². The predicted molar refractivity (Wildman–Crippen MR) is 148 cm³/mol. The van der Waals surface area contributed by atoms with Gasteiger partial charge in [-0.2, -0.15) is 0 Å². The van der Waals surface area contributed by atoms with Crippen LogP contribution in [0, 0.1) is 0 Å². The lowest BCUT2D eigenvalue weighted by atomic mass is 10.0. The zero-order valence-corrected chi connectivity index (χ0v) is 22.9. The van der Waals surface area contributed by atoms with Crippen molar-refractivity contribution in [3.8, 4) is 0 Å².